The Labute approximate surface area is 294 Å². The number of ether oxygens (including phenoxy) is 2. The molecule has 0 fully saturated rings. The lowest BCUT2D eigenvalue weighted by Gasteiger charge is -2.27. The maximum absolute atomic E-state index is 13.4. The Morgan fingerprint density at radius 3 is 1.92 bits per heavy atom. The number of hydrogen-bond donors (Lipinski definition) is 5. The first-order valence-corrected chi connectivity index (χ1v) is 17.5. The summed E-state index contributed by atoms with van der Waals surface area (Å²) in [5, 5.41) is 16.6. The quantitative estimate of drug-likeness (QED) is 0.0578. The number of carboxylic acid groups (broad SMARTS) is 1. The zero-order chi connectivity index (χ0) is 36.8. The molecule has 14 nitrogen and oxygen atoms in total. The van der Waals surface area contributed by atoms with Crippen LogP contribution in [0.1, 0.15) is 30.5 Å². The van der Waals surface area contributed by atoms with Crippen molar-refractivity contribution in [2.45, 2.75) is 51.8 Å². The number of esters is 1. The van der Waals surface area contributed by atoms with Gasteiger partial charge >= 0.3 is 25.8 Å². The fourth-order valence-corrected chi connectivity index (χ4v) is 5.98. The zero-order valence-electron chi connectivity index (χ0n) is 27.9. The Morgan fingerprint density at radius 1 is 0.765 bits per heavy atom. The average Bonchev–Trinajstić information content (AvgIpc) is 3.12. The van der Waals surface area contributed by atoms with E-state index in [4.69, 9.17) is 14.0 Å². The molecule has 2 amide bonds. The van der Waals surface area contributed by atoms with Crippen LogP contribution in [0.5, 0.6) is 0 Å². The largest absolute Gasteiger partial charge is 0.480 e. The van der Waals surface area contributed by atoms with E-state index in [9.17, 15) is 33.7 Å². The zero-order valence-corrected chi connectivity index (χ0v) is 28.8. The van der Waals surface area contributed by atoms with Crippen LogP contribution in [0.4, 0.5) is 4.79 Å². The number of rotatable bonds is 17. The molecule has 268 valence electrons. The van der Waals surface area contributed by atoms with Gasteiger partial charge in [0.05, 0.1) is 6.04 Å². The molecule has 4 atom stereocenters. The average molecular weight is 719 g/mol. The van der Waals surface area contributed by atoms with Gasteiger partial charge in [-0.25, -0.2) is 24.0 Å². The molecular weight excluding hydrogens is 679 g/mol. The molecule has 0 radical (unpaired) electrons. The predicted octanol–water partition coefficient (Wildman–Crippen LogP) is 4.59. The van der Waals surface area contributed by atoms with E-state index in [0.29, 0.717) is 16.7 Å². The number of amides is 2. The first-order valence-electron chi connectivity index (χ1n) is 15.9. The second kappa shape index (κ2) is 18.6. The smallest absolute Gasteiger partial charge is 0.409 e. The molecule has 0 aliphatic carbocycles. The highest BCUT2D eigenvalue weighted by Crippen LogP contribution is 2.40. The number of aliphatic carboxylic acids is 1. The van der Waals surface area contributed by atoms with Crippen molar-refractivity contribution in [3.8, 4) is 11.1 Å². The van der Waals surface area contributed by atoms with Gasteiger partial charge in [0.1, 0.15) is 19.3 Å². The highest BCUT2D eigenvalue weighted by atomic mass is 31.2. The second-order valence-electron chi connectivity index (χ2n) is 11.7. The summed E-state index contributed by atoms with van der Waals surface area (Å²) in [5.41, 5.74) is 3.59. The lowest BCUT2D eigenvalue weighted by molar-refractivity contribution is -0.155. The van der Waals surface area contributed by atoms with Crippen molar-refractivity contribution in [1.29, 1.82) is 0 Å². The molecule has 3 aromatic carbocycles. The molecule has 2 unspecified atom stereocenters. The number of alkyl carbamates (subject to hydrolysis) is 1. The Balaban J connectivity index is 1.43. The lowest BCUT2D eigenvalue weighted by Crippen LogP contribution is -2.52. The van der Waals surface area contributed by atoms with Crippen LogP contribution in [0.3, 0.4) is 0 Å². The van der Waals surface area contributed by atoms with E-state index in [1.54, 1.807) is 117 Å². The molecule has 1 heterocycles. The molecule has 0 saturated heterocycles. The van der Waals surface area contributed by atoms with Crippen molar-refractivity contribution < 1.29 is 47.7 Å². The van der Waals surface area contributed by atoms with Gasteiger partial charge < -0.3 is 24.8 Å². The Kier molecular flexibility index (Phi) is 14.0. The number of hydrogen-bond acceptors (Lipinski definition) is 9. The SMILES string of the molecule is CC(C)[C@H](NP(=O)(O)OC(NC(=O)OCc1ccccc1)C(=O)OCc1ccccc1)C(=O)N[C@@H](Cc1ccc(-c2cccnc2)cc1)C(=O)O. The summed E-state index contributed by atoms with van der Waals surface area (Å²) in [6.45, 7) is 2.68. The summed E-state index contributed by atoms with van der Waals surface area (Å²) >= 11 is 0. The highest BCUT2D eigenvalue weighted by molar-refractivity contribution is 7.50. The minimum Gasteiger partial charge on any atom is -0.480 e. The van der Waals surface area contributed by atoms with Crippen molar-refractivity contribution >= 4 is 31.7 Å². The summed E-state index contributed by atoms with van der Waals surface area (Å²) in [5.74, 6) is -4.14. The van der Waals surface area contributed by atoms with Crippen molar-refractivity contribution in [3.63, 3.8) is 0 Å². The molecule has 1 aromatic heterocycles. The molecule has 15 heteroatoms. The number of carboxylic acids is 1. The van der Waals surface area contributed by atoms with E-state index in [0.717, 1.165) is 11.1 Å². The van der Waals surface area contributed by atoms with E-state index in [-0.39, 0.29) is 19.6 Å². The molecule has 0 saturated carbocycles. The standard InChI is InChI=1S/C36H39N4O10P/c1-24(2)31(32(41)38-30(34(42)43)20-25-15-17-28(18-16-25)29-14-9-19-37-21-29)40-51(46,47)50-33(35(44)48-22-26-10-5-3-6-11-26)39-36(45)49-23-27-12-7-4-8-13-27/h3-19,21,24,30-31,33H,20,22-23H2,1-2H3,(H,38,41)(H,39,45)(H,42,43)(H2,40,46,47)/t30-,31-,33?/m0/s1. The molecular formula is C36H39N4O10P. The fourth-order valence-electron chi connectivity index (χ4n) is 4.73. The summed E-state index contributed by atoms with van der Waals surface area (Å²) in [7, 11) is -5.10. The number of carbonyl (C=O) groups excluding carboxylic acids is 3. The van der Waals surface area contributed by atoms with Gasteiger partial charge in [-0.15, -0.1) is 0 Å². The van der Waals surface area contributed by atoms with Crippen molar-refractivity contribution in [2.75, 3.05) is 0 Å². The van der Waals surface area contributed by atoms with Crippen LogP contribution >= 0.6 is 7.75 Å². The van der Waals surface area contributed by atoms with E-state index < -0.39 is 55.9 Å². The highest BCUT2D eigenvalue weighted by Gasteiger charge is 2.38. The second-order valence-corrected chi connectivity index (χ2v) is 13.2. The number of carbonyl (C=O) groups is 4. The van der Waals surface area contributed by atoms with Crippen molar-refractivity contribution in [2.24, 2.45) is 5.92 Å². The van der Waals surface area contributed by atoms with Gasteiger partial charge in [-0.2, -0.15) is 0 Å². The normalized spacial score (nSPS) is 14.0. The third-order valence-corrected chi connectivity index (χ3v) is 8.50. The van der Waals surface area contributed by atoms with Crippen LogP contribution in [-0.2, 0) is 52.6 Å². The third kappa shape index (κ3) is 12.5. The van der Waals surface area contributed by atoms with Gasteiger partial charge in [0.15, 0.2) is 0 Å². The fraction of sp³-hybridized carbons (Fsp3) is 0.250. The molecule has 0 bridgehead atoms. The molecule has 0 spiro atoms. The minimum atomic E-state index is -5.10. The molecule has 51 heavy (non-hydrogen) atoms. The number of nitrogens with one attached hydrogen (secondary N) is 3. The topological polar surface area (TPSA) is 202 Å². The van der Waals surface area contributed by atoms with E-state index >= 15 is 0 Å². The van der Waals surface area contributed by atoms with Crippen LogP contribution in [-0.4, -0.2) is 57.2 Å². The molecule has 4 aromatic rings. The summed E-state index contributed by atoms with van der Waals surface area (Å²) in [6, 6.07) is 25.1. The lowest BCUT2D eigenvalue weighted by atomic mass is 10.0. The number of nitrogens with zero attached hydrogens (tertiary/aromatic N) is 1. The predicted molar refractivity (Wildman–Crippen MR) is 185 cm³/mol. The van der Waals surface area contributed by atoms with Crippen molar-refractivity contribution in [1.82, 2.24) is 20.7 Å². The molecule has 4 rings (SSSR count). The summed E-state index contributed by atoms with van der Waals surface area (Å²) in [4.78, 5) is 66.1. The first kappa shape index (κ1) is 38.4. The van der Waals surface area contributed by atoms with Crippen LogP contribution in [0.2, 0.25) is 0 Å². The number of pyridine rings is 1. The van der Waals surface area contributed by atoms with Crippen LogP contribution in [0.15, 0.2) is 109 Å². The van der Waals surface area contributed by atoms with E-state index in [1.807, 2.05) is 6.07 Å². The maximum atomic E-state index is 13.4. The number of benzene rings is 3. The minimum absolute atomic E-state index is 0.0865. The van der Waals surface area contributed by atoms with Crippen LogP contribution in [0.25, 0.3) is 11.1 Å². The monoisotopic (exact) mass is 718 g/mol. The number of aromatic nitrogens is 1. The van der Waals surface area contributed by atoms with Gasteiger partial charge in [0.2, 0.25) is 12.1 Å². The van der Waals surface area contributed by atoms with Crippen LogP contribution in [0, 0.1) is 5.92 Å². The van der Waals surface area contributed by atoms with Gasteiger partial charge in [-0.3, -0.25) is 19.6 Å². The summed E-state index contributed by atoms with van der Waals surface area (Å²) in [6.07, 6.45) is -0.0353. The molecule has 0 aliphatic rings. The van der Waals surface area contributed by atoms with E-state index in [2.05, 4.69) is 20.7 Å². The third-order valence-electron chi connectivity index (χ3n) is 7.40. The Bertz CT molecular complexity index is 1800. The van der Waals surface area contributed by atoms with Gasteiger partial charge in [-0.05, 0) is 39.8 Å². The van der Waals surface area contributed by atoms with Gasteiger partial charge in [-0.1, -0.05) is 105 Å². The first-order chi connectivity index (χ1) is 24.4. The maximum Gasteiger partial charge on any atom is 0.409 e. The summed E-state index contributed by atoms with van der Waals surface area (Å²) < 4.78 is 28.9. The van der Waals surface area contributed by atoms with Crippen LogP contribution < -0.4 is 15.7 Å². The van der Waals surface area contributed by atoms with E-state index in [1.165, 1.54) is 0 Å². The molecule has 0 aliphatic heterocycles. The van der Waals surface area contributed by atoms with Gasteiger partial charge in [0.25, 0.3) is 0 Å². The Morgan fingerprint density at radius 2 is 1.37 bits per heavy atom. The van der Waals surface area contributed by atoms with Crippen molar-refractivity contribution in [3.05, 3.63) is 126 Å². The van der Waals surface area contributed by atoms with Gasteiger partial charge in [0, 0.05) is 18.8 Å². The Hall–Kier alpha value is -5.40. The molecule has 5 N–H and O–H groups in total.